The number of hydrogen-bond donors (Lipinski definition) is 0. The van der Waals surface area contributed by atoms with Gasteiger partial charge in [0, 0.05) is 43.7 Å². The molecule has 0 N–H and O–H groups in total. The second-order valence-electron chi connectivity index (χ2n) is 6.81. The van der Waals surface area contributed by atoms with Crippen molar-refractivity contribution in [1.29, 1.82) is 0 Å². The maximum Gasteiger partial charge on any atom is 0.303 e. The number of carbonyl (C=O) groups is 3. The van der Waals surface area contributed by atoms with Crippen LogP contribution in [0.25, 0.3) is 10.9 Å². The highest BCUT2D eigenvalue weighted by Gasteiger charge is 2.44. The predicted octanol–water partition coefficient (Wildman–Crippen LogP) is 2.87. The van der Waals surface area contributed by atoms with E-state index in [9.17, 15) is 14.4 Å². The smallest absolute Gasteiger partial charge is 0.303 e. The van der Waals surface area contributed by atoms with Gasteiger partial charge in [-0.05, 0) is 12.1 Å². The molecule has 4 atom stereocenters. The quantitative estimate of drug-likeness (QED) is 0.503. The summed E-state index contributed by atoms with van der Waals surface area (Å²) in [4.78, 5) is 39.9. The van der Waals surface area contributed by atoms with Crippen LogP contribution >= 0.6 is 11.8 Å². The molecule has 9 heteroatoms. The number of ether oxygens (including phenoxy) is 4. The van der Waals surface area contributed by atoms with Crippen molar-refractivity contribution in [3.8, 4) is 0 Å². The van der Waals surface area contributed by atoms with Crippen molar-refractivity contribution in [2.24, 2.45) is 0 Å². The zero-order chi connectivity index (χ0) is 21.7. The highest BCUT2D eigenvalue weighted by Crippen LogP contribution is 2.37. The molecule has 4 unspecified atom stereocenters. The first-order chi connectivity index (χ1) is 14.3. The van der Waals surface area contributed by atoms with E-state index in [1.54, 1.807) is 6.20 Å². The van der Waals surface area contributed by atoms with E-state index in [1.165, 1.54) is 32.5 Å². The Labute approximate surface area is 178 Å². The van der Waals surface area contributed by atoms with Crippen molar-refractivity contribution in [3.05, 3.63) is 36.5 Å². The van der Waals surface area contributed by atoms with Crippen LogP contribution < -0.4 is 0 Å². The summed E-state index contributed by atoms with van der Waals surface area (Å²) in [6.07, 6.45) is -0.386. The molecular weight excluding hydrogens is 410 g/mol. The number of aromatic nitrogens is 1. The Bertz CT molecular complexity index is 929. The molecule has 1 aromatic heterocycles. The Kier molecular flexibility index (Phi) is 7.28. The second kappa shape index (κ2) is 9.90. The standard InChI is InChI=1S/C21H23NO7S/c1-12(23)26-11-17-21(28-14(3)25)16(27-13(2)24)10-19(29-17)30-18-8-4-6-15-7-5-9-22-20(15)18/h4-9,16-17,19,21H,10-11H2,1-3H3. The van der Waals surface area contributed by atoms with Gasteiger partial charge in [-0.2, -0.15) is 0 Å². The summed E-state index contributed by atoms with van der Waals surface area (Å²) in [5, 5.41) is 0.990. The van der Waals surface area contributed by atoms with Crippen molar-refractivity contribution < 1.29 is 33.3 Å². The lowest BCUT2D eigenvalue weighted by Gasteiger charge is -2.39. The molecular formula is C21H23NO7S. The Morgan fingerprint density at radius 1 is 1.07 bits per heavy atom. The molecule has 0 spiro atoms. The number of pyridine rings is 1. The van der Waals surface area contributed by atoms with E-state index in [0.29, 0.717) is 6.42 Å². The maximum atomic E-state index is 11.7. The average molecular weight is 433 g/mol. The summed E-state index contributed by atoms with van der Waals surface area (Å²) in [6.45, 7) is 3.70. The zero-order valence-corrected chi connectivity index (χ0v) is 17.7. The highest BCUT2D eigenvalue weighted by atomic mass is 32.2. The fourth-order valence-corrected chi connectivity index (χ4v) is 4.49. The Morgan fingerprint density at radius 3 is 2.50 bits per heavy atom. The monoisotopic (exact) mass is 433 g/mol. The molecule has 0 saturated carbocycles. The van der Waals surface area contributed by atoms with E-state index in [0.717, 1.165) is 15.8 Å². The summed E-state index contributed by atoms with van der Waals surface area (Å²) in [7, 11) is 0. The summed E-state index contributed by atoms with van der Waals surface area (Å²) in [5.41, 5.74) is 0.394. The molecule has 1 aliphatic heterocycles. The van der Waals surface area contributed by atoms with E-state index in [1.807, 2.05) is 30.3 Å². The fraction of sp³-hybridized carbons (Fsp3) is 0.429. The summed E-state index contributed by atoms with van der Waals surface area (Å²) in [6, 6.07) is 9.66. The van der Waals surface area contributed by atoms with Crippen LogP contribution in [0, 0.1) is 0 Å². The van der Waals surface area contributed by atoms with Gasteiger partial charge in [0.2, 0.25) is 0 Å². The number of rotatable bonds is 6. The third kappa shape index (κ3) is 5.70. The Balaban J connectivity index is 1.86. The molecule has 0 aliphatic carbocycles. The average Bonchev–Trinajstić information content (AvgIpc) is 2.68. The minimum atomic E-state index is -0.881. The number of carbonyl (C=O) groups excluding carboxylic acids is 3. The molecule has 0 amide bonds. The van der Waals surface area contributed by atoms with Crippen molar-refractivity contribution >= 4 is 40.6 Å². The molecule has 1 fully saturated rings. The maximum absolute atomic E-state index is 11.7. The van der Waals surface area contributed by atoms with Crippen LogP contribution in [0.3, 0.4) is 0 Å². The predicted molar refractivity (Wildman–Crippen MR) is 109 cm³/mol. The molecule has 2 aromatic rings. The van der Waals surface area contributed by atoms with Crippen molar-refractivity contribution in [2.45, 2.75) is 55.8 Å². The van der Waals surface area contributed by atoms with Gasteiger partial charge in [0.05, 0.1) is 5.52 Å². The lowest BCUT2D eigenvalue weighted by molar-refractivity contribution is -0.204. The van der Waals surface area contributed by atoms with Gasteiger partial charge in [-0.1, -0.05) is 30.0 Å². The molecule has 2 heterocycles. The first kappa shape index (κ1) is 22.0. The number of fused-ring (bicyclic) bond motifs is 1. The van der Waals surface area contributed by atoms with E-state index < -0.39 is 41.7 Å². The number of esters is 3. The normalized spacial score (nSPS) is 23.6. The van der Waals surface area contributed by atoms with Gasteiger partial charge < -0.3 is 18.9 Å². The first-order valence-corrected chi connectivity index (χ1v) is 10.3. The molecule has 3 rings (SSSR count). The lowest BCUT2D eigenvalue weighted by atomic mass is 10.0. The van der Waals surface area contributed by atoms with E-state index in [4.69, 9.17) is 18.9 Å². The largest absolute Gasteiger partial charge is 0.463 e. The number of benzene rings is 1. The van der Waals surface area contributed by atoms with E-state index >= 15 is 0 Å². The SMILES string of the molecule is CC(=O)OCC1OC(Sc2cccc3cccnc23)CC(OC(C)=O)C1OC(C)=O. The van der Waals surface area contributed by atoms with Crippen LogP contribution in [0.2, 0.25) is 0 Å². The first-order valence-electron chi connectivity index (χ1n) is 9.47. The second-order valence-corrected chi connectivity index (χ2v) is 8.01. The van der Waals surface area contributed by atoms with Gasteiger partial charge in [-0.25, -0.2) is 0 Å². The van der Waals surface area contributed by atoms with Crippen molar-refractivity contribution in [2.75, 3.05) is 6.61 Å². The third-order valence-corrected chi connectivity index (χ3v) is 5.56. The molecule has 160 valence electrons. The number of thioether (sulfide) groups is 1. The topological polar surface area (TPSA) is 101 Å². The van der Waals surface area contributed by atoms with Gasteiger partial charge in [-0.3, -0.25) is 19.4 Å². The zero-order valence-electron chi connectivity index (χ0n) is 16.9. The number of para-hydroxylation sites is 1. The molecule has 1 aromatic carbocycles. The molecule has 30 heavy (non-hydrogen) atoms. The van der Waals surface area contributed by atoms with E-state index in [2.05, 4.69) is 4.98 Å². The van der Waals surface area contributed by atoms with Gasteiger partial charge in [0.15, 0.2) is 6.10 Å². The summed E-state index contributed by atoms with van der Waals surface area (Å²) in [5.74, 6) is -1.53. The summed E-state index contributed by atoms with van der Waals surface area (Å²) >= 11 is 1.43. The van der Waals surface area contributed by atoms with Gasteiger partial charge in [0.25, 0.3) is 0 Å². The van der Waals surface area contributed by atoms with Crippen LogP contribution in [0.1, 0.15) is 27.2 Å². The lowest BCUT2D eigenvalue weighted by Crippen LogP contribution is -2.53. The highest BCUT2D eigenvalue weighted by molar-refractivity contribution is 8.00. The molecule has 0 bridgehead atoms. The fourth-order valence-electron chi connectivity index (χ4n) is 3.29. The number of nitrogens with zero attached hydrogens (tertiary/aromatic N) is 1. The van der Waals surface area contributed by atoms with Crippen molar-refractivity contribution in [1.82, 2.24) is 4.98 Å². The van der Waals surface area contributed by atoms with Crippen LogP contribution in [-0.2, 0) is 33.3 Å². The molecule has 0 radical (unpaired) electrons. The molecule has 1 saturated heterocycles. The minimum absolute atomic E-state index is 0.129. The van der Waals surface area contributed by atoms with Gasteiger partial charge in [-0.15, -0.1) is 0 Å². The van der Waals surface area contributed by atoms with Crippen LogP contribution in [0.4, 0.5) is 0 Å². The minimum Gasteiger partial charge on any atom is -0.463 e. The van der Waals surface area contributed by atoms with Crippen LogP contribution in [0.5, 0.6) is 0 Å². The van der Waals surface area contributed by atoms with Crippen LogP contribution in [-0.4, -0.2) is 53.2 Å². The summed E-state index contributed by atoms with van der Waals surface area (Å²) < 4.78 is 22.0. The molecule has 1 aliphatic rings. The molecule has 8 nitrogen and oxygen atoms in total. The van der Waals surface area contributed by atoms with Crippen LogP contribution in [0.15, 0.2) is 41.4 Å². The van der Waals surface area contributed by atoms with Gasteiger partial charge in [0.1, 0.15) is 24.3 Å². The number of hydrogen-bond acceptors (Lipinski definition) is 9. The van der Waals surface area contributed by atoms with E-state index in [-0.39, 0.29) is 6.61 Å². The van der Waals surface area contributed by atoms with Crippen molar-refractivity contribution in [3.63, 3.8) is 0 Å². The van der Waals surface area contributed by atoms with Gasteiger partial charge >= 0.3 is 17.9 Å². The third-order valence-electron chi connectivity index (χ3n) is 4.41. The Hall–Kier alpha value is -2.65. The Morgan fingerprint density at radius 2 is 1.80 bits per heavy atom.